The highest BCUT2D eigenvalue weighted by atomic mass is 16.3. The van der Waals surface area contributed by atoms with Crippen LogP contribution in [0.15, 0.2) is 0 Å². The third-order valence-corrected chi connectivity index (χ3v) is 4.60. The molecule has 23 heavy (non-hydrogen) atoms. The topological polar surface area (TPSA) is 69.6 Å². The van der Waals surface area contributed by atoms with Gasteiger partial charge in [-0.3, -0.25) is 4.79 Å². The van der Waals surface area contributed by atoms with Crippen molar-refractivity contribution in [3.8, 4) is 0 Å². The molecule has 1 amide bonds. The van der Waals surface area contributed by atoms with Crippen molar-refractivity contribution in [3.63, 3.8) is 0 Å². The molecule has 0 spiro atoms. The monoisotopic (exact) mass is 329 g/mol. The lowest BCUT2D eigenvalue weighted by Crippen LogP contribution is -2.38. The lowest BCUT2D eigenvalue weighted by atomic mass is 9.94. The average molecular weight is 330 g/mol. The van der Waals surface area contributed by atoms with Crippen LogP contribution in [0.3, 0.4) is 0 Å². The molecule has 0 aromatic heterocycles. The number of nitrogens with one attached hydrogen (secondary N) is 1. The van der Waals surface area contributed by atoms with Crippen LogP contribution in [-0.4, -0.2) is 35.4 Å². The fourth-order valence-corrected chi connectivity index (χ4v) is 3.02. The number of carbonyl (C=O) groups excluding carboxylic acids is 1. The number of aliphatic hydroxyl groups is 2. The van der Waals surface area contributed by atoms with Crippen molar-refractivity contribution in [1.82, 2.24) is 5.32 Å². The number of hydrogen-bond donors (Lipinski definition) is 3. The van der Waals surface area contributed by atoms with Gasteiger partial charge in [0.15, 0.2) is 0 Å². The highest BCUT2D eigenvalue weighted by molar-refractivity contribution is 5.76. The van der Waals surface area contributed by atoms with Gasteiger partial charge in [-0.05, 0) is 32.1 Å². The first-order valence-electron chi connectivity index (χ1n) is 9.66. The van der Waals surface area contributed by atoms with Gasteiger partial charge in [0.05, 0.1) is 0 Å². The minimum Gasteiger partial charge on any atom is -0.396 e. The molecule has 0 aliphatic heterocycles. The molecule has 0 radical (unpaired) electrons. The second kappa shape index (κ2) is 16.3. The minimum absolute atomic E-state index is 0.0142. The first-order chi connectivity index (χ1) is 11.2. The van der Waals surface area contributed by atoms with Gasteiger partial charge in [0, 0.05) is 25.7 Å². The number of carbonyl (C=O) groups is 1. The Morgan fingerprint density at radius 3 is 1.83 bits per heavy atom. The Bertz CT molecular complexity index is 265. The van der Waals surface area contributed by atoms with Gasteiger partial charge in [-0.15, -0.1) is 0 Å². The Labute approximate surface area is 143 Å². The summed E-state index contributed by atoms with van der Waals surface area (Å²) in [7, 11) is 0. The molecule has 0 aromatic rings. The Morgan fingerprint density at radius 1 is 0.870 bits per heavy atom. The highest BCUT2D eigenvalue weighted by Gasteiger charge is 2.18. The summed E-state index contributed by atoms with van der Waals surface area (Å²) in [6.45, 7) is 4.40. The predicted octanol–water partition coefficient (Wildman–Crippen LogP) is 3.79. The van der Waals surface area contributed by atoms with E-state index in [1.54, 1.807) is 0 Å². The van der Waals surface area contributed by atoms with Crippen molar-refractivity contribution in [1.29, 1.82) is 0 Å². The lowest BCUT2D eigenvalue weighted by Gasteiger charge is -2.23. The Morgan fingerprint density at radius 2 is 1.35 bits per heavy atom. The predicted molar refractivity (Wildman–Crippen MR) is 96.3 cm³/mol. The molecule has 3 N–H and O–H groups in total. The molecule has 4 nitrogen and oxygen atoms in total. The number of aliphatic hydroxyl groups excluding tert-OH is 2. The third-order valence-electron chi connectivity index (χ3n) is 4.60. The molecule has 0 saturated heterocycles. The summed E-state index contributed by atoms with van der Waals surface area (Å²) < 4.78 is 0. The van der Waals surface area contributed by atoms with Crippen LogP contribution in [0.4, 0.5) is 0 Å². The molecule has 0 heterocycles. The van der Waals surface area contributed by atoms with Gasteiger partial charge in [-0.25, -0.2) is 0 Å². The normalized spacial score (nSPS) is 12.6. The van der Waals surface area contributed by atoms with E-state index in [0.717, 1.165) is 12.8 Å². The van der Waals surface area contributed by atoms with Gasteiger partial charge in [-0.1, -0.05) is 58.3 Å². The summed E-state index contributed by atoms with van der Waals surface area (Å²) in [5, 5.41) is 21.1. The number of amides is 1. The lowest BCUT2D eigenvalue weighted by molar-refractivity contribution is -0.122. The maximum atomic E-state index is 11.9. The summed E-state index contributed by atoms with van der Waals surface area (Å²) in [5.41, 5.74) is 0. The molecule has 0 aromatic carbocycles. The standard InChI is InChI=1S/C19H39NO3/c1-3-4-5-6-7-8-9-10-11-12-19(23)20-17(2)18(13-15-21)14-16-22/h17-18,21-22H,3-16H2,1-2H3,(H,20,23). The molecule has 0 fully saturated rings. The van der Waals surface area contributed by atoms with Crippen LogP contribution in [0.5, 0.6) is 0 Å². The first-order valence-corrected chi connectivity index (χ1v) is 9.66. The van der Waals surface area contributed by atoms with Crippen molar-refractivity contribution < 1.29 is 15.0 Å². The third kappa shape index (κ3) is 13.5. The van der Waals surface area contributed by atoms with Crippen LogP contribution in [0.25, 0.3) is 0 Å². The van der Waals surface area contributed by atoms with Gasteiger partial charge in [-0.2, -0.15) is 0 Å². The average Bonchev–Trinajstić information content (AvgIpc) is 2.53. The minimum atomic E-state index is 0.0142. The van der Waals surface area contributed by atoms with Crippen LogP contribution >= 0.6 is 0 Å². The second-order valence-electron chi connectivity index (χ2n) is 6.72. The Hall–Kier alpha value is -0.610. The molecule has 1 unspecified atom stereocenters. The van der Waals surface area contributed by atoms with E-state index in [0.29, 0.717) is 19.3 Å². The van der Waals surface area contributed by atoms with Gasteiger partial charge < -0.3 is 15.5 Å². The van der Waals surface area contributed by atoms with E-state index < -0.39 is 0 Å². The van der Waals surface area contributed by atoms with E-state index in [-0.39, 0.29) is 31.1 Å². The molecular formula is C19H39NO3. The van der Waals surface area contributed by atoms with Crippen molar-refractivity contribution in [2.75, 3.05) is 13.2 Å². The summed E-state index contributed by atoms with van der Waals surface area (Å²) in [5.74, 6) is 0.249. The molecule has 0 aliphatic carbocycles. The second-order valence-corrected chi connectivity index (χ2v) is 6.72. The first kappa shape index (κ1) is 22.4. The molecule has 0 rings (SSSR count). The van der Waals surface area contributed by atoms with Crippen LogP contribution in [-0.2, 0) is 4.79 Å². The zero-order chi connectivity index (χ0) is 17.3. The van der Waals surface area contributed by atoms with E-state index in [2.05, 4.69) is 12.2 Å². The molecular weight excluding hydrogens is 290 g/mol. The fourth-order valence-electron chi connectivity index (χ4n) is 3.02. The summed E-state index contributed by atoms with van der Waals surface area (Å²) in [6, 6.07) is 0.0142. The van der Waals surface area contributed by atoms with Crippen LogP contribution in [0.1, 0.15) is 90.9 Å². The van der Waals surface area contributed by atoms with E-state index in [4.69, 9.17) is 10.2 Å². The highest BCUT2D eigenvalue weighted by Crippen LogP contribution is 2.14. The fraction of sp³-hybridized carbons (Fsp3) is 0.947. The van der Waals surface area contributed by atoms with Crippen molar-refractivity contribution >= 4 is 5.91 Å². The van der Waals surface area contributed by atoms with E-state index in [1.807, 2.05) is 6.92 Å². The van der Waals surface area contributed by atoms with Crippen LogP contribution in [0.2, 0.25) is 0 Å². The summed E-state index contributed by atoms with van der Waals surface area (Å²) in [4.78, 5) is 11.9. The van der Waals surface area contributed by atoms with Gasteiger partial charge in [0.1, 0.15) is 0 Å². The van der Waals surface area contributed by atoms with Gasteiger partial charge in [0.2, 0.25) is 5.91 Å². The Balaban J connectivity index is 3.61. The van der Waals surface area contributed by atoms with Gasteiger partial charge >= 0.3 is 0 Å². The summed E-state index contributed by atoms with van der Waals surface area (Å²) >= 11 is 0. The van der Waals surface area contributed by atoms with E-state index in [1.165, 1.54) is 44.9 Å². The van der Waals surface area contributed by atoms with Crippen molar-refractivity contribution in [2.45, 2.75) is 96.9 Å². The van der Waals surface area contributed by atoms with Crippen LogP contribution in [0, 0.1) is 5.92 Å². The zero-order valence-corrected chi connectivity index (χ0v) is 15.4. The maximum absolute atomic E-state index is 11.9. The molecule has 138 valence electrons. The molecule has 4 heteroatoms. The van der Waals surface area contributed by atoms with Gasteiger partial charge in [0.25, 0.3) is 0 Å². The quantitative estimate of drug-likeness (QED) is 0.377. The van der Waals surface area contributed by atoms with E-state index >= 15 is 0 Å². The molecule has 1 atom stereocenters. The van der Waals surface area contributed by atoms with E-state index in [9.17, 15) is 4.79 Å². The number of unbranched alkanes of at least 4 members (excludes halogenated alkanes) is 8. The van der Waals surface area contributed by atoms with Crippen molar-refractivity contribution in [2.24, 2.45) is 5.92 Å². The number of rotatable bonds is 16. The number of hydrogen-bond acceptors (Lipinski definition) is 3. The molecule has 0 aliphatic rings. The maximum Gasteiger partial charge on any atom is 0.220 e. The molecule has 0 bridgehead atoms. The largest absolute Gasteiger partial charge is 0.396 e. The van der Waals surface area contributed by atoms with Crippen LogP contribution < -0.4 is 5.32 Å². The molecule has 0 saturated carbocycles. The Kier molecular flexibility index (Phi) is 15.8. The van der Waals surface area contributed by atoms with Crippen molar-refractivity contribution in [3.05, 3.63) is 0 Å². The smallest absolute Gasteiger partial charge is 0.220 e. The summed E-state index contributed by atoms with van der Waals surface area (Å²) in [6.07, 6.45) is 13.1. The SMILES string of the molecule is CCCCCCCCCCCC(=O)NC(C)C(CCO)CCO. The zero-order valence-electron chi connectivity index (χ0n) is 15.4.